The van der Waals surface area contributed by atoms with Gasteiger partial charge >= 0.3 is 0 Å². The lowest BCUT2D eigenvalue weighted by atomic mass is 10.2. The van der Waals surface area contributed by atoms with Gasteiger partial charge in [-0.15, -0.1) is 0 Å². The molecule has 1 aromatic heterocycles. The molecule has 23 heavy (non-hydrogen) atoms. The van der Waals surface area contributed by atoms with Crippen molar-refractivity contribution in [3.05, 3.63) is 77.2 Å². The number of benzene rings is 1. The second-order valence-corrected chi connectivity index (χ2v) is 4.63. The zero-order chi connectivity index (χ0) is 16.5. The summed E-state index contributed by atoms with van der Waals surface area (Å²) in [6.45, 7) is 3.92. The Morgan fingerprint density at radius 2 is 2.17 bits per heavy atom. The van der Waals surface area contributed by atoms with E-state index < -0.39 is 0 Å². The predicted octanol–water partition coefficient (Wildman–Crippen LogP) is 1.56. The first-order valence-corrected chi connectivity index (χ1v) is 7.00. The van der Waals surface area contributed by atoms with Crippen molar-refractivity contribution >= 4 is 12.1 Å². The molecule has 0 fully saturated rings. The highest BCUT2D eigenvalue weighted by molar-refractivity contribution is 5.82. The quantitative estimate of drug-likeness (QED) is 0.479. The molecule has 0 unspecified atom stereocenters. The summed E-state index contributed by atoms with van der Waals surface area (Å²) in [5, 5.41) is 3.87. The van der Waals surface area contributed by atoms with E-state index in [0.29, 0.717) is 12.4 Å². The van der Waals surface area contributed by atoms with Gasteiger partial charge in [0.15, 0.2) is 0 Å². The first-order chi connectivity index (χ1) is 11.2. The summed E-state index contributed by atoms with van der Waals surface area (Å²) >= 11 is 0. The fourth-order valence-corrected chi connectivity index (χ4v) is 1.80. The Bertz CT molecular complexity index is 765. The van der Waals surface area contributed by atoms with E-state index in [0.717, 1.165) is 5.56 Å². The number of rotatable bonds is 7. The van der Waals surface area contributed by atoms with Crippen LogP contribution in [0, 0.1) is 0 Å². The molecule has 2 rings (SSSR count). The maximum atomic E-state index is 11.7. The van der Waals surface area contributed by atoms with E-state index in [-0.39, 0.29) is 18.0 Å². The summed E-state index contributed by atoms with van der Waals surface area (Å²) in [5.41, 5.74) is 2.93. The first kappa shape index (κ1) is 16.2. The zero-order valence-corrected chi connectivity index (χ0v) is 12.5. The molecule has 0 saturated heterocycles. The minimum Gasteiger partial charge on any atom is -0.490 e. The van der Waals surface area contributed by atoms with Gasteiger partial charge in [-0.2, -0.15) is 5.10 Å². The average molecular weight is 311 g/mol. The van der Waals surface area contributed by atoms with Gasteiger partial charge in [-0.05, 0) is 23.8 Å². The van der Waals surface area contributed by atoms with Gasteiger partial charge in [-0.1, -0.05) is 30.9 Å². The fourth-order valence-electron chi connectivity index (χ4n) is 1.80. The largest absolute Gasteiger partial charge is 0.490 e. The van der Waals surface area contributed by atoms with Crippen LogP contribution >= 0.6 is 0 Å². The van der Waals surface area contributed by atoms with Crippen LogP contribution < -0.4 is 15.7 Å². The standard InChI is InChI=1S/C17H17N3O3/c1-2-10-23-15-7-5-6-14(11-15)12-18-19-16(21)13-20-9-4-3-8-17(20)22/h2-9,11-12H,1,10,13H2,(H,19,21)/b18-12-. The van der Waals surface area contributed by atoms with Crippen LogP contribution in [0.1, 0.15) is 5.56 Å². The Labute approximate surface area is 133 Å². The molecule has 1 heterocycles. The van der Waals surface area contributed by atoms with E-state index in [9.17, 15) is 9.59 Å². The SMILES string of the molecule is C=CCOc1cccc(/C=N\NC(=O)Cn2ccccc2=O)c1. The normalized spacial score (nSPS) is 10.4. The van der Waals surface area contributed by atoms with Gasteiger partial charge in [-0.3, -0.25) is 9.59 Å². The number of hydrogen-bond donors (Lipinski definition) is 1. The number of nitrogens with zero attached hydrogens (tertiary/aromatic N) is 2. The van der Waals surface area contributed by atoms with Crippen molar-refractivity contribution < 1.29 is 9.53 Å². The number of hydrogen-bond acceptors (Lipinski definition) is 4. The molecule has 118 valence electrons. The monoisotopic (exact) mass is 311 g/mol. The molecule has 0 radical (unpaired) electrons. The van der Waals surface area contributed by atoms with Gasteiger partial charge < -0.3 is 9.30 Å². The molecule has 6 heteroatoms. The molecule has 0 aliphatic carbocycles. The zero-order valence-electron chi connectivity index (χ0n) is 12.5. The van der Waals surface area contributed by atoms with Crippen molar-refractivity contribution in [1.29, 1.82) is 0 Å². The minimum absolute atomic E-state index is 0.0838. The van der Waals surface area contributed by atoms with Crippen LogP contribution in [0.15, 0.2) is 71.2 Å². The predicted molar refractivity (Wildman–Crippen MR) is 88.6 cm³/mol. The lowest BCUT2D eigenvalue weighted by Gasteiger charge is -2.04. The van der Waals surface area contributed by atoms with Gasteiger partial charge in [0.2, 0.25) is 0 Å². The summed E-state index contributed by atoms with van der Waals surface area (Å²) in [7, 11) is 0. The van der Waals surface area contributed by atoms with Gasteiger partial charge in [0.05, 0.1) is 6.21 Å². The number of nitrogens with one attached hydrogen (secondary N) is 1. The van der Waals surface area contributed by atoms with Gasteiger partial charge in [0, 0.05) is 12.3 Å². The number of carbonyl (C=O) groups is 1. The number of amides is 1. The molecule has 0 aliphatic rings. The van der Waals surface area contributed by atoms with Crippen molar-refractivity contribution in [1.82, 2.24) is 9.99 Å². The van der Waals surface area contributed by atoms with Crippen LogP contribution in [0.3, 0.4) is 0 Å². The maximum absolute atomic E-state index is 11.7. The molecule has 0 aliphatic heterocycles. The third-order valence-electron chi connectivity index (χ3n) is 2.84. The average Bonchev–Trinajstić information content (AvgIpc) is 2.55. The summed E-state index contributed by atoms with van der Waals surface area (Å²) in [4.78, 5) is 23.2. The lowest BCUT2D eigenvalue weighted by molar-refractivity contribution is -0.121. The highest BCUT2D eigenvalue weighted by Gasteiger charge is 2.02. The lowest BCUT2D eigenvalue weighted by Crippen LogP contribution is -2.28. The van der Waals surface area contributed by atoms with E-state index in [4.69, 9.17) is 4.74 Å². The second-order valence-electron chi connectivity index (χ2n) is 4.63. The van der Waals surface area contributed by atoms with E-state index in [1.165, 1.54) is 16.8 Å². The first-order valence-electron chi connectivity index (χ1n) is 7.00. The Kier molecular flexibility index (Phi) is 5.88. The smallest absolute Gasteiger partial charge is 0.260 e. The third kappa shape index (κ3) is 5.28. The van der Waals surface area contributed by atoms with Gasteiger partial charge in [-0.25, -0.2) is 5.43 Å². The number of ether oxygens (including phenoxy) is 1. The van der Waals surface area contributed by atoms with Crippen LogP contribution in [0.4, 0.5) is 0 Å². The highest BCUT2D eigenvalue weighted by atomic mass is 16.5. The third-order valence-corrected chi connectivity index (χ3v) is 2.84. The van der Waals surface area contributed by atoms with Crippen LogP contribution in [-0.2, 0) is 11.3 Å². The van der Waals surface area contributed by atoms with E-state index in [1.54, 1.807) is 30.5 Å². The molecule has 0 atom stereocenters. The second kappa shape index (κ2) is 8.33. The number of carbonyl (C=O) groups excluding carboxylic acids is 1. The Balaban J connectivity index is 1.91. The molecule has 1 aromatic carbocycles. The minimum atomic E-state index is -0.381. The van der Waals surface area contributed by atoms with Crippen molar-refractivity contribution in [2.75, 3.05) is 6.61 Å². The molecule has 1 amide bonds. The molecular formula is C17H17N3O3. The molecule has 0 spiro atoms. The van der Waals surface area contributed by atoms with Crippen molar-refractivity contribution in [2.45, 2.75) is 6.54 Å². The van der Waals surface area contributed by atoms with Crippen LogP contribution in [0.25, 0.3) is 0 Å². The summed E-state index contributed by atoms with van der Waals surface area (Å²) in [6.07, 6.45) is 4.71. The van der Waals surface area contributed by atoms with Crippen LogP contribution in [-0.4, -0.2) is 23.3 Å². The molecule has 2 aromatic rings. The van der Waals surface area contributed by atoms with Crippen LogP contribution in [0.2, 0.25) is 0 Å². The highest BCUT2D eigenvalue weighted by Crippen LogP contribution is 2.11. The molecule has 1 N–H and O–H groups in total. The number of aromatic nitrogens is 1. The van der Waals surface area contributed by atoms with Crippen molar-refractivity contribution in [3.63, 3.8) is 0 Å². The summed E-state index contributed by atoms with van der Waals surface area (Å²) < 4.78 is 6.71. The van der Waals surface area contributed by atoms with Crippen molar-refractivity contribution in [2.24, 2.45) is 5.10 Å². The Hall–Kier alpha value is -3.15. The fraction of sp³-hybridized carbons (Fsp3) is 0.118. The molecular weight excluding hydrogens is 294 g/mol. The molecule has 0 bridgehead atoms. The Morgan fingerprint density at radius 3 is 2.96 bits per heavy atom. The number of pyridine rings is 1. The maximum Gasteiger partial charge on any atom is 0.260 e. The summed E-state index contributed by atoms with van der Waals surface area (Å²) in [5.74, 6) is 0.310. The van der Waals surface area contributed by atoms with E-state index in [1.807, 2.05) is 18.2 Å². The summed E-state index contributed by atoms with van der Waals surface area (Å²) in [6, 6.07) is 12.0. The van der Waals surface area contributed by atoms with E-state index >= 15 is 0 Å². The van der Waals surface area contributed by atoms with Gasteiger partial charge in [0.25, 0.3) is 11.5 Å². The van der Waals surface area contributed by atoms with Crippen LogP contribution in [0.5, 0.6) is 5.75 Å². The van der Waals surface area contributed by atoms with Crippen molar-refractivity contribution in [3.8, 4) is 5.75 Å². The molecule has 6 nitrogen and oxygen atoms in total. The topological polar surface area (TPSA) is 72.7 Å². The number of hydrazone groups is 1. The molecule has 0 saturated carbocycles. The van der Waals surface area contributed by atoms with E-state index in [2.05, 4.69) is 17.1 Å². The Morgan fingerprint density at radius 1 is 1.30 bits per heavy atom. The van der Waals surface area contributed by atoms with Gasteiger partial charge in [0.1, 0.15) is 18.9 Å².